The summed E-state index contributed by atoms with van der Waals surface area (Å²) >= 11 is 0. The molecular formula is C17H24N4. The van der Waals surface area contributed by atoms with Gasteiger partial charge in [0.25, 0.3) is 0 Å². The van der Waals surface area contributed by atoms with Crippen molar-refractivity contribution in [3.8, 4) is 0 Å². The maximum absolute atomic E-state index is 4.30. The normalized spacial score (nSPS) is 15.7. The molecular weight excluding hydrogens is 260 g/mol. The second-order valence-electron chi connectivity index (χ2n) is 6.00. The molecule has 1 N–H and O–H groups in total. The summed E-state index contributed by atoms with van der Waals surface area (Å²) in [4.78, 5) is 4.25. The summed E-state index contributed by atoms with van der Waals surface area (Å²) in [5, 5.41) is 7.88. The minimum Gasteiger partial charge on any atom is -0.310 e. The first-order chi connectivity index (χ1) is 10.2. The van der Waals surface area contributed by atoms with Crippen LogP contribution >= 0.6 is 0 Å². The summed E-state index contributed by atoms with van der Waals surface area (Å²) in [6.07, 6.45) is 7.80. The zero-order valence-electron chi connectivity index (χ0n) is 13.0. The topological polar surface area (TPSA) is 42.7 Å². The lowest BCUT2D eigenvalue weighted by molar-refractivity contribution is 0.566. The van der Waals surface area contributed by atoms with E-state index in [1.54, 1.807) is 22.1 Å². The quantitative estimate of drug-likeness (QED) is 0.917. The Kier molecular flexibility index (Phi) is 4.34. The maximum atomic E-state index is 4.30. The maximum Gasteiger partial charge on any atom is 0.151 e. The van der Waals surface area contributed by atoms with Crippen LogP contribution in [-0.2, 0) is 26.3 Å². The molecule has 0 saturated carbocycles. The Bertz CT molecular complexity index is 603. The smallest absolute Gasteiger partial charge is 0.151 e. The van der Waals surface area contributed by atoms with E-state index in [4.69, 9.17) is 0 Å². The van der Waals surface area contributed by atoms with Gasteiger partial charge in [-0.2, -0.15) is 5.10 Å². The summed E-state index contributed by atoms with van der Waals surface area (Å²) in [5.41, 5.74) is 4.50. The van der Waals surface area contributed by atoms with E-state index >= 15 is 0 Å². The fraction of sp³-hybridized carbons (Fsp3) is 0.529. The molecule has 1 unspecified atom stereocenters. The Morgan fingerprint density at radius 3 is 2.81 bits per heavy atom. The Balaban J connectivity index is 1.56. The average Bonchev–Trinajstić information content (AvgIpc) is 2.92. The second-order valence-corrected chi connectivity index (χ2v) is 6.00. The van der Waals surface area contributed by atoms with Gasteiger partial charge in [-0.1, -0.05) is 18.2 Å². The number of hydrogen-bond donors (Lipinski definition) is 1. The molecule has 0 radical (unpaired) electrons. The highest BCUT2D eigenvalue weighted by Crippen LogP contribution is 2.24. The van der Waals surface area contributed by atoms with Gasteiger partial charge in [-0.15, -0.1) is 0 Å². The number of aromatic nitrogens is 3. The van der Waals surface area contributed by atoms with Crippen LogP contribution in [0.2, 0.25) is 0 Å². The number of rotatable bonds is 5. The van der Waals surface area contributed by atoms with E-state index in [2.05, 4.69) is 40.5 Å². The highest BCUT2D eigenvalue weighted by molar-refractivity contribution is 5.35. The third-order valence-corrected chi connectivity index (χ3v) is 4.32. The summed E-state index contributed by atoms with van der Waals surface area (Å²) in [6, 6.07) is 7.37. The fourth-order valence-corrected chi connectivity index (χ4v) is 3.04. The van der Waals surface area contributed by atoms with Crippen molar-refractivity contribution in [3.05, 3.63) is 47.0 Å². The third kappa shape index (κ3) is 3.50. The van der Waals surface area contributed by atoms with Gasteiger partial charge in [0.05, 0.1) is 0 Å². The van der Waals surface area contributed by atoms with Crippen LogP contribution in [0.4, 0.5) is 0 Å². The van der Waals surface area contributed by atoms with Crippen LogP contribution in [0.25, 0.3) is 0 Å². The van der Waals surface area contributed by atoms with Crippen molar-refractivity contribution in [1.29, 1.82) is 0 Å². The van der Waals surface area contributed by atoms with Crippen molar-refractivity contribution in [2.75, 3.05) is 6.54 Å². The molecule has 3 rings (SSSR count). The van der Waals surface area contributed by atoms with Crippen LogP contribution < -0.4 is 5.32 Å². The van der Waals surface area contributed by atoms with Gasteiger partial charge in [-0.05, 0) is 49.3 Å². The van der Waals surface area contributed by atoms with Gasteiger partial charge >= 0.3 is 0 Å². The van der Waals surface area contributed by atoms with Crippen LogP contribution in [-0.4, -0.2) is 21.3 Å². The Labute approximate surface area is 126 Å². The van der Waals surface area contributed by atoms with Crippen molar-refractivity contribution in [3.63, 3.8) is 0 Å². The molecule has 0 saturated heterocycles. The molecule has 1 aromatic heterocycles. The molecule has 4 nitrogen and oxygen atoms in total. The van der Waals surface area contributed by atoms with Gasteiger partial charge in [-0.3, -0.25) is 4.68 Å². The standard InChI is InChI=1S/C17H24N4/c1-13(18-10-9-17-19-12-21(2)20-17)15-8-7-14-5-3-4-6-16(14)11-15/h7-8,11-13,18H,3-6,9-10H2,1-2H3. The Morgan fingerprint density at radius 1 is 1.24 bits per heavy atom. The van der Waals surface area contributed by atoms with E-state index < -0.39 is 0 Å². The molecule has 0 amide bonds. The molecule has 1 aliphatic carbocycles. The van der Waals surface area contributed by atoms with E-state index in [0.29, 0.717) is 6.04 Å². The van der Waals surface area contributed by atoms with E-state index in [-0.39, 0.29) is 0 Å². The third-order valence-electron chi connectivity index (χ3n) is 4.32. The Morgan fingerprint density at radius 2 is 2.05 bits per heavy atom. The van der Waals surface area contributed by atoms with Gasteiger partial charge in [0.2, 0.25) is 0 Å². The molecule has 1 heterocycles. The lowest BCUT2D eigenvalue weighted by atomic mass is 9.89. The first-order valence-corrected chi connectivity index (χ1v) is 7.92. The molecule has 112 valence electrons. The largest absolute Gasteiger partial charge is 0.310 e. The van der Waals surface area contributed by atoms with Crippen molar-refractivity contribution in [2.24, 2.45) is 7.05 Å². The number of benzene rings is 1. The van der Waals surface area contributed by atoms with Crippen molar-refractivity contribution in [2.45, 2.75) is 45.1 Å². The predicted molar refractivity (Wildman–Crippen MR) is 84.2 cm³/mol. The number of hydrogen-bond acceptors (Lipinski definition) is 3. The molecule has 21 heavy (non-hydrogen) atoms. The lowest BCUT2D eigenvalue weighted by Gasteiger charge is -2.20. The highest BCUT2D eigenvalue weighted by atomic mass is 15.3. The molecule has 4 heteroatoms. The van der Waals surface area contributed by atoms with Crippen molar-refractivity contribution >= 4 is 0 Å². The minimum absolute atomic E-state index is 0.376. The van der Waals surface area contributed by atoms with Crippen LogP contribution in [0.1, 0.15) is 48.3 Å². The lowest BCUT2D eigenvalue weighted by Crippen LogP contribution is -2.22. The molecule has 2 aromatic rings. The van der Waals surface area contributed by atoms with E-state index in [9.17, 15) is 0 Å². The Hall–Kier alpha value is -1.68. The summed E-state index contributed by atoms with van der Waals surface area (Å²) in [7, 11) is 1.90. The first-order valence-electron chi connectivity index (χ1n) is 7.92. The zero-order chi connectivity index (χ0) is 14.7. The summed E-state index contributed by atoms with van der Waals surface area (Å²) in [6.45, 7) is 3.14. The number of aryl methyl sites for hydroxylation is 3. The zero-order valence-corrected chi connectivity index (χ0v) is 13.0. The van der Waals surface area contributed by atoms with Crippen LogP contribution in [0.5, 0.6) is 0 Å². The molecule has 0 spiro atoms. The first kappa shape index (κ1) is 14.3. The van der Waals surface area contributed by atoms with E-state index in [0.717, 1.165) is 18.8 Å². The SMILES string of the molecule is CC(NCCc1ncn(C)n1)c1ccc2c(c1)CCCC2. The number of nitrogens with zero attached hydrogens (tertiary/aromatic N) is 3. The van der Waals surface area contributed by atoms with Gasteiger partial charge in [0.1, 0.15) is 6.33 Å². The van der Waals surface area contributed by atoms with Gasteiger partial charge < -0.3 is 5.32 Å². The van der Waals surface area contributed by atoms with Crippen LogP contribution in [0.15, 0.2) is 24.5 Å². The highest BCUT2D eigenvalue weighted by Gasteiger charge is 2.12. The summed E-state index contributed by atoms with van der Waals surface area (Å²) in [5.74, 6) is 0.905. The van der Waals surface area contributed by atoms with E-state index in [1.165, 1.54) is 31.2 Å². The minimum atomic E-state index is 0.376. The molecule has 0 fully saturated rings. The number of fused-ring (bicyclic) bond motifs is 1. The average molecular weight is 284 g/mol. The van der Waals surface area contributed by atoms with Crippen molar-refractivity contribution < 1.29 is 0 Å². The molecule has 1 aliphatic rings. The molecule has 1 aromatic carbocycles. The van der Waals surface area contributed by atoms with Gasteiger partial charge in [0.15, 0.2) is 5.82 Å². The monoisotopic (exact) mass is 284 g/mol. The van der Waals surface area contributed by atoms with Gasteiger partial charge in [-0.25, -0.2) is 4.98 Å². The van der Waals surface area contributed by atoms with E-state index in [1.807, 2.05) is 7.05 Å². The molecule has 0 aliphatic heterocycles. The van der Waals surface area contributed by atoms with Crippen LogP contribution in [0.3, 0.4) is 0 Å². The van der Waals surface area contributed by atoms with Crippen LogP contribution in [0, 0.1) is 0 Å². The number of nitrogens with one attached hydrogen (secondary N) is 1. The predicted octanol–water partition coefficient (Wildman–Crippen LogP) is 2.59. The molecule has 0 bridgehead atoms. The second kappa shape index (κ2) is 6.39. The molecule has 1 atom stereocenters. The van der Waals surface area contributed by atoms with Crippen molar-refractivity contribution in [1.82, 2.24) is 20.1 Å². The summed E-state index contributed by atoms with van der Waals surface area (Å²) < 4.78 is 1.75. The van der Waals surface area contributed by atoms with Gasteiger partial charge in [0, 0.05) is 26.1 Å². The fourth-order valence-electron chi connectivity index (χ4n) is 3.04.